The number of rotatable bonds is 15. The Morgan fingerprint density at radius 1 is 0.889 bits per heavy atom. The van der Waals surface area contributed by atoms with Crippen LogP contribution < -0.4 is 0 Å². The number of carbonyl (C=O) groups is 3. The maximum absolute atomic E-state index is 13.1. The lowest BCUT2D eigenvalue weighted by molar-refractivity contribution is -0.141. The molecule has 3 fully saturated rings. The minimum absolute atomic E-state index is 0.00485. The van der Waals surface area contributed by atoms with Crippen LogP contribution in [0.3, 0.4) is 0 Å². The lowest BCUT2D eigenvalue weighted by Crippen LogP contribution is -2.34. The third-order valence-electron chi connectivity index (χ3n) is 7.74. The summed E-state index contributed by atoms with van der Waals surface area (Å²) in [4.78, 5) is 38.0. The topological polar surface area (TPSA) is 158 Å². The Hall–Kier alpha value is -1.30. The fourth-order valence-electron chi connectivity index (χ4n) is 5.78. The van der Waals surface area contributed by atoms with Crippen LogP contribution >= 0.6 is 7.37 Å². The van der Waals surface area contributed by atoms with Crippen LogP contribution in [0.1, 0.15) is 38.5 Å². The molecule has 3 rings (SSSR count). The summed E-state index contributed by atoms with van der Waals surface area (Å²) in [6, 6.07) is 0. The molecular weight excluding hydrogens is 533 g/mol. The molecule has 5 unspecified atom stereocenters. The number of esters is 1. The lowest BCUT2D eigenvalue weighted by Gasteiger charge is -2.20. The first-order valence-electron chi connectivity index (χ1n) is 12.3. The van der Waals surface area contributed by atoms with Gasteiger partial charge in [-0.05, 0) is 43.9 Å². The normalized spacial score (nSPS) is 27.3. The second-order valence-electron chi connectivity index (χ2n) is 9.99. The zero-order valence-corrected chi connectivity index (χ0v) is 23.3. The van der Waals surface area contributed by atoms with Crippen LogP contribution in [0, 0.1) is 23.7 Å². The number of imide groups is 1. The summed E-state index contributed by atoms with van der Waals surface area (Å²) in [6.07, 6.45) is 3.07. The highest BCUT2D eigenvalue weighted by molar-refractivity contribution is 7.95. The van der Waals surface area contributed by atoms with Crippen LogP contribution in [0.2, 0.25) is 0 Å². The predicted molar refractivity (Wildman–Crippen MR) is 132 cm³/mol. The van der Waals surface area contributed by atoms with E-state index in [1.807, 2.05) is 0 Å². The van der Waals surface area contributed by atoms with Crippen molar-refractivity contribution < 1.29 is 45.0 Å². The second-order valence-corrected chi connectivity index (χ2v) is 17.5. The average molecular weight is 570 g/mol. The minimum atomic E-state index is -3.74. The monoisotopic (exact) mass is 569 g/mol. The molecule has 2 bridgehead atoms. The Morgan fingerprint density at radius 3 is 1.94 bits per heavy atom. The zero-order chi connectivity index (χ0) is 26.7. The fourth-order valence-corrected chi connectivity index (χ4v) is 11.3. The highest BCUT2D eigenvalue weighted by Gasteiger charge is 2.60. The number of amides is 2. The van der Waals surface area contributed by atoms with Crippen LogP contribution in [0.25, 0.3) is 0 Å². The molecule has 1 heterocycles. The molecule has 0 N–H and O–H groups in total. The molecule has 2 amide bonds. The molecule has 36 heavy (non-hydrogen) atoms. The summed E-state index contributed by atoms with van der Waals surface area (Å²) in [5.41, 5.74) is 0. The maximum atomic E-state index is 13.1. The molecule has 1 aliphatic heterocycles. The van der Waals surface area contributed by atoms with E-state index in [4.69, 9.17) is 4.52 Å². The molecule has 0 aromatic heterocycles. The van der Waals surface area contributed by atoms with E-state index in [0.29, 0.717) is 18.3 Å². The Labute approximate surface area is 212 Å². The van der Waals surface area contributed by atoms with Gasteiger partial charge in [0.25, 0.3) is 0 Å². The first-order chi connectivity index (χ1) is 16.8. The smallest absolute Gasteiger partial charge is 0.306 e. The number of likely N-dealkylation sites (tertiary alicyclic amines) is 1. The van der Waals surface area contributed by atoms with Crippen molar-refractivity contribution in [3.63, 3.8) is 0 Å². The summed E-state index contributed by atoms with van der Waals surface area (Å²) in [5, 5.41) is 0. The second kappa shape index (κ2) is 11.6. The van der Waals surface area contributed by atoms with Crippen LogP contribution in [0.15, 0.2) is 0 Å². The van der Waals surface area contributed by atoms with Crippen molar-refractivity contribution in [3.05, 3.63) is 0 Å². The van der Waals surface area contributed by atoms with E-state index in [1.165, 1.54) is 12.0 Å². The minimum Gasteiger partial charge on any atom is -0.469 e. The Balaban J connectivity index is 1.41. The van der Waals surface area contributed by atoms with E-state index in [0.717, 1.165) is 26.4 Å². The van der Waals surface area contributed by atoms with E-state index in [-0.39, 0.29) is 61.1 Å². The molecule has 2 saturated carbocycles. The molecule has 3 aliphatic rings. The average Bonchev–Trinajstić information content (AvgIpc) is 3.51. The third-order valence-corrected chi connectivity index (χ3v) is 14.0. The van der Waals surface area contributed by atoms with Crippen LogP contribution in [0.5, 0.6) is 0 Å². The highest BCUT2D eigenvalue weighted by atomic mass is 32.2. The maximum Gasteiger partial charge on any atom is 0.306 e. The zero-order valence-electron chi connectivity index (χ0n) is 20.8. The number of hydrogen-bond donors (Lipinski definition) is 0. The Bertz CT molecular complexity index is 1090. The molecule has 0 aromatic rings. The van der Waals surface area contributed by atoms with Crippen molar-refractivity contribution in [3.8, 4) is 0 Å². The van der Waals surface area contributed by atoms with Crippen molar-refractivity contribution in [1.82, 2.24) is 4.90 Å². The van der Waals surface area contributed by atoms with Crippen LogP contribution in [0.4, 0.5) is 0 Å². The van der Waals surface area contributed by atoms with Crippen molar-refractivity contribution in [2.24, 2.45) is 23.7 Å². The molecule has 0 aromatic carbocycles. The summed E-state index contributed by atoms with van der Waals surface area (Å²) < 4.78 is 71.2. The van der Waals surface area contributed by atoms with Gasteiger partial charge in [-0.3, -0.25) is 23.8 Å². The number of carbonyl (C=O) groups excluding carboxylic acids is 3. The third kappa shape index (κ3) is 6.96. The molecule has 1 saturated heterocycles. The summed E-state index contributed by atoms with van der Waals surface area (Å²) in [7, 11) is -8.21. The van der Waals surface area contributed by atoms with Gasteiger partial charge in [-0.25, -0.2) is 16.8 Å². The molecule has 11 nitrogen and oxygen atoms in total. The molecule has 5 atom stereocenters. The summed E-state index contributed by atoms with van der Waals surface area (Å²) in [5.74, 6) is -2.72. The molecule has 206 valence electrons. The van der Waals surface area contributed by atoms with Gasteiger partial charge in [0, 0.05) is 26.0 Å². The molecular formula is C22H36NO10PS2. The Morgan fingerprint density at radius 2 is 1.42 bits per heavy atom. The predicted octanol–water partition coefficient (Wildman–Crippen LogP) is 1.11. The summed E-state index contributed by atoms with van der Waals surface area (Å²) >= 11 is 0. The van der Waals surface area contributed by atoms with E-state index >= 15 is 0 Å². The number of nitrogens with zero attached hydrogens (tertiary/aromatic N) is 1. The number of ether oxygens (including phenoxy) is 1. The molecule has 14 heteroatoms. The van der Waals surface area contributed by atoms with Crippen molar-refractivity contribution in [1.29, 1.82) is 0 Å². The van der Waals surface area contributed by atoms with Crippen molar-refractivity contribution >= 4 is 44.8 Å². The first-order valence-corrected chi connectivity index (χ1v) is 17.9. The van der Waals surface area contributed by atoms with E-state index in [9.17, 15) is 35.8 Å². The van der Waals surface area contributed by atoms with E-state index in [2.05, 4.69) is 4.74 Å². The fraction of sp³-hybridized carbons (Fsp3) is 0.864. The van der Waals surface area contributed by atoms with Crippen molar-refractivity contribution in [2.75, 3.05) is 56.1 Å². The SMILES string of the molecule is COC(=O)CCS(=O)(=O)CCS(=O)(=O)CCCP(=O)(CCCN1C(=O)C2C3CCC(C3)C2C1=O)OC. The van der Waals surface area contributed by atoms with Gasteiger partial charge in [-0.15, -0.1) is 0 Å². The van der Waals surface area contributed by atoms with E-state index in [1.54, 1.807) is 0 Å². The van der Waals surface area contributed by atoms with Gasteiger partial charge in [-0.1, -0.05) is 0 Å². The van der Waals surface area contributed by atoms with Gasteiger partial charge in [0.05, 0.1) is 48.4 Å². The number of fused-ring (bicyclic) bond motifs is 5. The van der Waals surface area contributed by atoms with Crippen LogP contribution in [-0.4, -0.2) is 95.6 Å². The van der Waals surface area contributed by atoms with Gasteiger partial charge >= 0.3 is 5.97 Å². The van der Waals surface area contributed by atoms with Crippen molar-refractivity contribution in [2.45, 2.75) is 38.5 Å². The quantitative estimate of drug-likeness (QED) is 0.159. The highest BCUT2D eigenvalue weighted by Crippen LogP contribution is 2.56. The van der Waals surface area contributed by atoms with Gasteiger partial charge in [0.15, 0.2) is 19.7 Å². The summed E-state index contributed by atoms with van der Waals surface area (Å²) in [6.45, 7) is 0.180. The molecule has 0 radical (unpaired) electrons. The van der Waals surface area contributed by atoms with E-state index < -0.39 is 50.3 Å². The number of hydrogen-bond acceptors (Lipinski definition) is 10. The number of methoxy groups -OCH3 is 1. The van der Waals surface area contributed by atoms with Crippen LogP contribution in [-0.2, 0) is 47.9 Å². The lowest BCUT2D eigenvalue weighted by atomic mass is 9.81. The standard InChI is InChI=1S/C22H36NO10PS2/c1-32-18(24)7-12-36(30,31)14-13-35(28,29)11-4-10-34(27,33-2)9-3-8-23-21(25)19-16-5-6-17(15-16)20(19)22(23)26/h16-17,19-20H,3-15H2,1-2H3. The molecule has 2 aliphatic carbocycles. The van der Waals surface area contributed by atoms with Gasteiger partial charge in [0.1, 0.15) is 0 Å². The Kier molecular flexibility index (Phi) is 9.44. The largest absolute Gasteiger partial charge is 0.469 e. The molecule has 0 spiro atoms. The first kappa shape index (κ1) is 29.3. The van der Waals surface area contributed by atoms with Gasteiger partial charge in [0.2, 0.25) is 19.2 Å². The number of sulfone groups is 2. The van der Waals surface area contributed by atoms with Gasteiger partial charge < -0.3 is 9.26 Å². The van der Waals surface area contributed by atoms with Gasteiger partial charge in [-0.2, -0.15) is 0 Å².